The van der Waals surface area contributed by atoms with Gasteiger partial charge in [-0.1, -0.05) is 87.2 Å². The van der Waals surface area contributed by atoms with Gasteiger partial charge in [0.25, 0.3) is 0 Å². The van der Waals surface area contributed by atoms with E-state index in [9.17, 15) is 0 Å². The van der Waals surface area contributed by atoms with Crippen molar-refractivity contribution in [2.24, 2.45) is 0 Å². The molecule has 6 aromatic carbocycles. The molecule has 0 atom stereocenters. The van der Waals surface area contributed by atoms with Crippen LogP contribution in [0.15, 0.2) is 137 Å². The van der Waals surface area contributed by atoms with Crippen molar-refractivity contribution in [3.63, 3.8) is 0 Å². The van der Waals surface area contributed by atoms with Crippen molar-refractivity contribution in [1.82, 2.24) is 25.0 Å². The molecule has 0 amide bonds. The van der Waals surface area contributed by atoms with Gasteiger partial charge in [-0.3, -0.25) is 0 Å². The molecule has 0 aliphatic heterocycles. The molecule has 9 aromatic rings. The maximum Gasteiger partial charge on any atom is 0.248 e. The van der Waals surface area contributed by atoms with Crippen molar-refractivity contribution in [1.29, 1.82) is 0 Å². The summed E-state index contributed by atoms with van der Waals surface area (Å²) < 4.78 is 14.7. The minimum absolute atomic E-state index is 0.289. The van der Waals surface area contributed by atoms with Crippen molar-refractivity contribution < 1.29 is 8.83 Å². The van der Waals surface area contributed by atoms with Gasteiger partial charge in [0.1, 0.15) is 0 Å². The van der Waals surface area contributed by atoms with E-state index in [0.29, 0.717) is 23.6 Å². The summed E-state index contributed by atoms with van der Waals surface area (Å²) >= 11 is 0. The lowest BCUT2D eigenvalue weighted by molar-refractivity contribution is 0.584. The van der Waals surface area contributed by atoms with E-state index in [2.05, 4.69) is 130 Å². The second-order valence-electron chi connectivity index (χ2n) is 13.3. The predicted molar refractivity (Wildman–Crippen MR) is 198 cm³/mol. The van der Waals surface area contributed by atoms with E-state index in [1.54, 1.807) is 0 Å². The van der Waals surface area contributed by atoms with Crippen molar-refractivity contribution in [2.45, 2.75) is 19.3 Å². The van der Waals surface area contributed by atoms with E-state index in [0.717, 1.165) is 54.8 Å². The molecule has 7 heteroatoms. The highest BCUT2D eigenvalue weighted by atomic mass is 16.4. The first-order chi connectivity index (χ1) is 24.5. The quantitative estimate of drug-likeness (QED) is 0.185. The molecule has 0 radical (unpaired) electrons. The van der Waals surface area contributed by atoms with Gasteiger partial charge in [0.05, 0.1) is 11.0 Å². The van der Waals surface area contributed by atoms with Gasteiger partial charge in [-0.15, -0.1) is 20.4 Å². The first-order valence-electron chi connectivity index (χ1n) is 16.6. The molecule has 0 N–H and O–H groups in total. The standard InChI is InChI=1S/C43H29N5O2/c1-4-48-37-15-8-7-13-32(37)34-22-26(18-21-38(34)48)39-44-45-40(49-39)27-16-19-30-31-20-17-28(24-36(31)43(2,3)35(30)23-27)41-46-47-42(50-41)33-14-9-11-25-10-5-6-12-29(25)33/h4-24H,1H2,2-3H3. The number of hydrogen-bond donors (Lipinski definition) is 0. The van der Waals surface area contributed by atoms with Gasteiger partial charge in [0.15, 0.2) is 0 Å². The summed E-state index contributed by atoms with van der Waals surface area (Å²) in [6, 6.07) is 41.7. The SMILES string of the molecule is C=Cn1c2ccccc2c2cc(-c3nnc(-c4ccc5c(c4)C(C)(C)c4cc(-c6nnc(-c7cccc8ccccc78)o6)ccc4-5)o3)ccc21. The summed E-state index contributed by atoms with van der Waals surface area (Å²) in [4.78, 5) is 0. The Morgan fingerprint density at radius 2 is 1.06 bits per heavy atom. The number of benzene rings is 6. The number of hydrogen-bond acceptors (Lipinski definition) is 6. The highest BCUT2D eigenvalue weighted by Gasteiger charge is 2.36. The van der Waals surface area contributed by atoms with Gasteiger partial charge >= 0.3 is 0 Å². The van der Waals surface area contributed by atoms with Gasteiger partial charge < -0.3 is 13.4 Å². The van der Waals surface area contributed by atoms with Crippen LogP contribution in [0.2, 0.25) is 0 Å². The Morgan fingerprint density at radius 1 is 0.520 bits per heavy atom. The molecule has 1 aliphatic rings. The Bertz CT molecular complexity index is 2830. The molecule has 7 nitrogen and oxygen atoms in total. The van der Waals surface area contributed by atoms with E-state index < -0.39 is 0 Å². The molecule has 3 heterocycles. The summed E-state index contributed by atoms with van der Waals surface area (Å²) in [5, 5.41) is 22.3. The third-order valence-electron chi connectivity index (χ3n) is 10.2. The molecule has 50 heavy (non-hydrogen) atoms. The highest BCUT2D eigenvalue weighted by Crippen LogP contribution is 2.50. The topological polar surface area (TPSA) is 82.8 Å². The summed E-state index contributed by atoms with van der Waals surface area (Å²) in [6.45, 7) is 8.51. The van der Waals surface area contributed by atoms with Crippen LogP contribution >= 0.6 is 0 Å². The lowest BCUT2D eigenvalue weighted by Gasteiger charge is -2.22. The number of nitrogens with zero attached hydrogens (tertiary/aromatic N) is 5. The summed E-state index contributed by atoms with van der Waals surface area (Å²) in [6.07, 6.45) is 1.85. The lowest BCUT2D eigenvalue weighted by atomic mass is 9.81. The predicted octanol–water partition coefficient (Wildman–Crippen LogP) is 10.8. The van der Waals surface area contributed by atoms with Gasteiger partial charge in [-0.05, 0) is 87.6 Å². The molecule has 238 valence electrons. The third kappa shape index (κ3) is 4.10. The van der Waals surface area contributed by atoms with Crippen molar-refractivity contribution in [2.75, 3.05) is 0 Å². The molecule has 0 bridgehead atoms. The zero-order valence-corrected chi connectivity index (χ0v) is 27.4. The molecule has 10 rings (SSSR count). The monoisotopic (exact) mass is 647 g/mol. The van der Waals surface area contributed by atoms with Crippen molar-refractivity contribution >= 4 is 38.8 Å². The molecule has 0 saturated carbocycles. The zero-order chi connectivity index (χ0) is 33.6. The van der Waals surface area contributed by atoms with Crippen LogP contribution in [0.1, 0.15) is 25.0 Å². The second-order valence-corrected chi connectivity index (χ2v) is 13.3. The van der Waals surface area contributed by atoms with Crippen LogP contribution in [-0.4, -0.2) is 25.0 Å². The minimum Gasteiger partial charge on any atom is -0.416 e. The molecule has 0 saturated heterocycles. The second kappa shape index (κ2) is 10.4. The first-order valence-corrected chi connectivity index (χ1v) is 16.6. The average Bonchev–Trinajstić information content (AvgIpc) is 3.95. The summed E-state index contributed by atoms with van der Waals surface area (Å²) in [7, 11) is 0. The fraction of sp³-hybridized carbons (Fsp3) is 0.0698. The van der Waals surface area contributed by atoms with Crippen LogP contribution in [-0.2, 0) is 5.41 Å². The van der Waals surface area contributed by atoms with Crippen LogP contribution in [0, 0.1) is 0 Å². The maximum absolute atomic E-state index is 6.32. The molecule has 1 aliphatic carbocycles. The fourth-order valence-electron chi connectivity index (χ4n) is 7.65. The number of fused-ring (bicyclic) bond motifs is 7. The smallest absolute Gasteiger partial charge is 0.248 e. The van der Waals surface area contributed by atoms with Crippen molar-refractivity contribution in [3.8, 4) is 56.9 Å². The molecule has 3 aromatic heterocycles. The van der Waals surface area contributed by atoms with Crippen LogP contribution in [0.5, 0.6) is 0 Å². The molecule has 0 spiro atoms. The van der Waals surface area contributed by atoms with Crippen LogP contribution in [0.25, 0.3) is 95.7 Å². The van der Waals surface area contributed by atoms with Crippen molar-refractivity contribution in [3.05, 3.63) is 139 Å². The third-order valence-corrected chi connectivity index (χ3v) is 10.2. The zero-order valence-electron chi connectivity index (χ0n) is 27.4. The summed E-state index contributed by atoms with van der Waals surface area (Å²) in [5.41, 5.74) is 10.2. The van der Waals surface area contributed by atoms with Crippen LogP contribution < -0.4 is 0 Å². The molecule has 0 unspecified atom stereocenters. The van der Waals surface area contributed by atoms with Gasteiger partial charge in [-0.25, -0.2) is 0 Å². The van der Waals surface area contributed by atoms with E-state index in [-0.39, 0.29) is 5.41 Å². The van der Waals surface area contributed by atoms with Gasteiger partial charge in [0.2, 0.25) is 23.6 Å². The minimum atomic E-state index is -0.289. The Kier molecular flexibility index (Phi) is 5.94. The maximum atomic E-state index is 6.32. The van der Waals surface area contributed by atoms with E-state index >= 15 is 0 Å². The van der Waals surface area contributed by atoms with Crippen LogP contribution in [0.4, 0.5) is 0 Å². The summed E-state index contributed by atoms with van der Waals surface area (Å²) in [5.74, 6) is 1.96. The Morgan fingerprint density at radius 3 is 1.76 bits per heavy atom. The molecule has 0 fully saturated rings. The average molecular weight is 648 g/mol. The Labute approximate surface area is 287 Å². The normalized spacial score (nSPS) is 13.2. The lowest BCUT2D eigenvalue weighted by Crippen LogP contribution is -2.15. The fourth-order valence-corrected chi connectivity index (χ4v) is 7.65. The Balaban J connectivity index is 0.977. The number of rotatable bonds is 5. The molecular weight excluding hydrogens is 619 g/mol. The van der Waals surface area contributed by atoms with E-state index in [1.807, 2.05) is 42.6 Å². The van der Waals surface area contributed by atoms with Gasteiger partial charge in [-0.2, -0.15) is 0 Å². The highest BCUT2D eigenvalue weighted by molar-refractivity contribution is 6.10. The van der Waals surface area contributed by atoms with Crippen LogP contribution in [0.3, 0.4) is 0 Å². The van der Waals surface area contributed by atoms with E-state index in [1.165, 1.54) is 22.3 Å². The van der Waals surface area contributed by atoms with Gasteiger partial charge in [0, 0.05) is 44.6 Å². The number of para-hydroxylation sites is 1. The van der Waals surface area contributed by atoms with E-state index in [4.69, 9.17) is 8.83 Å². The Hall–Kier alpha value is -6.60. The molecular formula is C43H29N5O2. The largest absolute Gasteiger partial charge is 0.416 e. The number of aromatic nitrogens is 5. The first kappa shape index (κ1) is 28.4.